The lowest BCUT2D eigenvalue weighted by Gasteiger charge is -2.44. The first-order valence-electron chi connectivity index (χ1n) is 13.9. The molecule has 39 heavy (non-hydrogen) atoms. The highest BCUT2D eigenvalue weighted by Crippen LogP contribution is 2.39. The van der Waals surface area contributed by atoms with Crippen molar-refractivity contribution in [2.75, 3.05) is 26.2 Å². The van der Waals surface area contributed by atoms with E-state index in [1.165, 1.54) is 53.5 Å². The third-order valence-corrected chi connectivity index (χ3v) is 10.3. The first kappa shape index (κ1) is 28.3. The number of rotatable bonds is 7. The first-order valence-corrected chi connectivity index (χ1v) is 15.7. The summed E-state index contributed by atoms with van der Waals surface area (Å²) in [5.74, 6) is 0.363. The van der Waals surface area contributed by atoms with Crippen LogP contribution in [-0.2, 0) is 14.8 Å². The van der Waals surface area contributed by atoms with Gasteiger partial charge in [-0.05, 0) is 93.8 Å². The monoisotopic (exact) mass is 577 g/mol. The number of amides is 1. The van der Waals surface area contributed by atoms with Crippen molar-refractivity contribution in [1.82, 2.24) is 14.1 Å². The van der Waals surface area contributed by atoms with Gasteiger partial charge < -0.3 is 9.64 Å². The van der Waals surface area contributed by atoms with Crippen LogP contribution >= 0.6 is 11.6 Å². The number of piperazine rings is 1. The molecule has 2 heterocycles. The summed E-state index contributed by atoms with van der Waals surface area (Å²) in [5, 5.41) is 0.431. The van der Waals surface area contributed by atoms with Gasteiger partial charge in [0, 0.05) is 36.7 Å². The first-order chi connectivity index (χ1) is 18.6. The summed E-state index contributed by atoms with van der Waals surface area (Å²) in [5.41, 5.74) is 0.581. The Hall–Kier alpha value is -2.20. The fourth-order valence-electron chi connectivity index (χ4n) is 6.18. The Morgan fingerprint density at radius 3 is 2.36 bits per heavy atom. The molecule has 1 saturated carbocycles. The maximum absolute atomic E-state index is 14.2. The molecule has 5 rings (SSSR count). The van der Waals surface area contributed by atoms with E-state index < -0.39 is 34.0 Å². The number of ether oxygens (including phenoxy) is 1. The Labute approximate surface area is 235 Å². The number of benzene rings is 2. The SMILES string of the molecule is C[C@@H]1CN(CC2CC2)C[C@H](C)N1C(=O)OC[C@H]1CCC[C@@H](c2cccc(F)c2)N1S(=O)(=O)c1ccc(Cl)cc1. The molecule has 7 nitrogen and oxygen atoms in total. The minimum Gasteiger partial charge on any atom is -0.448 e. The Bertz CT molecular complexity index is 1260. The smallest absolute Gasteiger partial charge is 0.410 e. The molecule has 10 heteroatoms. The van der Waals surface area contributed by atoms with Crippen LogP contribution in [0.2, 0.25) is 5.02 Å². The summed E-state index contributed by atoms with van der Waals surface area (Å²) in [7, 11) is -4.00. The fraction of sp³-hybridized carbons (Fsp3) is 0.552. The van der Waals surface area contributed by atoms with E-state index in [0.717, 1.165) is 32.0 Å². The zero-order valence-corrected chi connectivity index (χ0v) is 24.1. The molecule has 0 unspecified atom stereocenters. The van der Waals surface area contributed by atoms with Crippen molar-refractivity contribution in [3.63, 3.8) is 0 Å². The molecular weight excluding hydrogens is 541 g/mol. The predicted octanol–water partition coefficient (Wildman–Crippen LogP) is 5.70. The molecule has 3 fully saturated rings. The second kappa shape index (κ2) is 11.7. The Balaban J connectivity index is 1.35. The van der Waals surface area contributed by atoms with Crippen molar-refractivity contribution in [3.8, 4) is 0 Å². The van der Waals surface area contributed by atoms with Crippen molar-refractivity contribution in [2.45, 2.75) is 75.0 Å². The van der Waals surface area contributed by atoms with Crippen LogP contribution in [0.3, 0.4) is 0 Å². The summed E-state index contributed by atoms with van der Waals surface area (Å²) >= 11 is 6.02. The van der Waals surface area contributed by atoms with Crippen molar-refractivity contribution < 1.29 is 22.3 Å². The summed E-state index contributed by atoms with van der Waals surface area (Å²) in [6.45, 7) is 6.69. The van der Waals surface area contributed by atoms with Gasteiger partial charge in [0.1, 0.15) is 12.4 Å². The van der Waals surface area contributed by atoms with Crippen molar-refractivity contribution >= 4 is 27.7 Å². The van der Waals surface area contributed by atoms with Gasteiger partial charge >= 0.3 is 6.09 Å². The number of hydrogen-bond donors (Lipinski definition) is 0. The maximum atomic E-state index is 14.2. The predicted molar refractivity (Wildman–Crippen MR) is 149 cm³/mol. The van der Waals surface area contributed by atoms with Gasteiger partial charge in [0.25, 0.3) is 0 Å². The van der Waals surface area contributed by atoms with E-state index in [1.807, 2.05) is 13.8 Å². The van der Waals surface area contributed by atoms with E-state index >= 15 is 0 Å². The summed E-state index contributed by atoms with van der Waals surface area (Å²) < 4.78 is 49.4. The van der Waals surface area contributed by atoms with Crippen molar-refractivity contribution in [1.29, 1.82) is 0 Å². The molecule has 0 spiro atoms. The third kappa shape index (κ3) is 6.42. The lowest BCUT2D eigenvalue weighted by atomic mass is 9.93. The van der Waals surface area contributed by atoms with E-state index in [4.69, 9.17) is 16.3 Å². The minimum atomic E-state index is -4.00. The van der Waals surface area contributed by atoms with E-state index in [-0.39, 0.29) is 23.6 Å². The van der Waals surface area contributed by atoms with Gasteiger partial charge in [0.2, 0.25) is 10.0 Å². The van der Waals surface area contributed by atoms with E-state index in [1.54, 1.807) is 17.0 Å². The average Bonchev–Trinajstić information content (AvgIpc) is 3.71. The highest BCUT2D eigenvalue weighted by atomic mass is 35.5. The van der Waals surface area contributed by atoms with Crippen molar-refractivity contribution in [3.05, 3.63) is 64.9 Å². The minimum absolute atomic E-state index is 0.000279. The standard InChI is InChI=1S/C29H37ClFN3O4S/c1-20-16-32(18-22-9-10-22)17-21(2)33(20)29(35)38-19-26-7-4-8-28(23-5-3-6-25(31)15-23)34(26)39(36,37)27-13-11-24(30)12-14-27/h3,5-6,11-15,20-22,26,28H,4,7-10,16-19H2,1-2H3/t20-,21+,26-,28+/m1/s1. The Morgan fingerprint density at radius 2 is 1.72 bits per heavy atom. The average molecular weight is 578 g/mol. The number of piperidine rings is 1. The summed E-state index contributed by atoms with van der Waals surface area (Å²) in [4.78, 5) is 17.6. The molecule has 0 aromatic heterocycles. The second-order valence-corrected chi connectivity index (χ2v) is 13.6. The maximum Gasteiger partial charge on any atom is 0.410 e. The normalized spacial score (nSPS) is 26.9. The van der Waals surface area contributed by atoms with Gasteiger partial charge in [0.05, 0.1) is 17.0 Å². The number of carbonyl (C=O) groups excluding carboxylic acids is 1. The molecular formula is C29H37ClFN3O4S. The van der Waals surface area contributed by atoms with Gasteiger partial charge in [-0.1, -0.05) is 23.7 Å². The molecule has 0 bridgehead atoms. The molecule has 1 aliphatic carbocycles. The molecule has 1 amide bonds. The van der Waals surface area contributed by atoms with E-state index in [0.29, 0.717) is 23.4 Å². The highest BCUT2D eigenvalue weighted by Gasteiger charge is 2.42. The quantitative estimate of drug-likeness (QED) is 0.422. The Morgan fingerprint density at radius 1 is 1.03 bits per heavy atom. The van der Waals surface area contributed by atoms with Gasteiger partial charge in [-0.2, -0.15) is 4.31 Å². The number of nitrogens with zero attached hydrogens (tertiary/aromatic N) is 3. The van der Waals surface area contributed by atoms with Crippen molar-refractivity contribution in [2.24, 2.45) is 5.92 Å². The molecule has 2 aromatic carbocycles. The molecule has 2 aromatic rings. The van der Waals surface area contributed by atoms with Gasteiger partial charge in [-0.25, -0.2) is 17.6 Å². The number of carbonyl (C=O) groups is 1. The Kier molecular flexibility index (Phi) is 8.52. The number of halogens is 2. The molecule has 4 atom stereocenters. The van der Waals surface area contributed by atoms with Crippen LogP contribution in [-0.4, -0.2) is 73.0 Å². The molecule has 3 aliphatic rings. The number of hydrogen-bond acceptors (Lipinski definition) is 5. The summed E-state index contributed by atoms with van der Waals surface area (Å²) in [6, 6.07) is 10.9. The molecule has 0 radical (unpaired) electrons. The van der Waals surface area contributed by atoms with Crippen LogP contribution in [0.15, 0.2) is 53.4 Å². The zero-order valence-electron chi connectivity index (χ0n) is 22.5. The number of sulfonamides is 1. The van der Waals surface area contributed by atoms with Crippen LogP contribution < -0.4 is 0 Å². The van der Waals surface area contributed by atoms with Crippen LogP contribution in [0.4, 0.5) is 9.18 Å². The topological polar surface area (TPSA) is 70.2 Å². The molecule has 2 aliphatic heterocycles. The largest absolute Gasteiger partial charge is 0.448 e. The van der Waals surface area contributed by atoms with Gasteiger partial charge in [-0.3, -0.25) is 4.90 Å². The lowest BCUT2D eigenvalue weighted by Crippen LogP contribution is -2.59. The zero-order chi connectivity index (χ0) is 27.7. The van der Waals surface area contributed by atoms with Crippen LogP contribution in [0.25, 0.3) is 0 Å². The van der Waals surface area contributed by atoms with Crippen LogP contribution in [0.5, 0.6) is 0 Å². The van der Waals surface area contributed by atoms with E-state index in [2.05, 4.69) is 4.90 Å². The molecule has 2 saturated heterocycles. The molecule has 212 valence electrons. The lowest BCUT2D eigenvalue weighted by molar-refractivity contribution is 0.0106. The van der Waals surface area contributed by atoms with Gasteiger partial charge in [-0.15, -0.1) is 0 Å². The summed E-state index contributed by atoms with van der Waals surface area (Å²) in [6.07, 6.45) is 3.96. The molecule has 0 N–H and O–H groups in total. The third-order valence-electron chi connectivity index (χ3n) is 8.12. The van der Waals surface area contributed by atoms with Gasteiger partial charge in [0.15, 0.2) is 0 Å². The highest BCUT2D eigenvalue weighted by molar-refractivity contribution is 7.89. The fourth-order valence-corrected chi connectivity index (χ4v) is 8.15. The second-order valence-electron chi connectivity index (χ2n) is 11.3. The van der Waals surface area contributed by atoms with Crippen LogP contribution in [0.1, 0.15) is 57.6 Å². The van der Waals surface area contributed by atoms with E-state index in [9.17, 15) is 17.6 Å². The van der Waals surface area contributed by atoms with Crippen LogP contribution in [0, 0.1) is 11.7 Å².